The first-order chi connectivity index (χ1) is 23.8. The number of amides is 3. The lowest BCUT2D eigenvalue weighted by atomic mass is 10.1. The van der Waals surface area contributed by atoms with E-state index in [0.29, 0.717) is 87.1 Å². The monoisotopic (exact) mass is 674 g/mol. The van der Waals surface area contributed by atoms with Gasteiger partial charge in [0.2, 0.25) is 5.91 Å². The van der Waals surface area contributed by atoms with Gasteiger partial charge in [0.1, 0.15) is 23.1 Å². The molecule has 2 saturated heterocycles. The van der Waals surface area contributed by atoms with Gasteiger partial charge in [0.15, 0.2) is 5.82 Å². The largest absolute Gasteiger partial charge is 0.497 e. The van der Waals surface area contributed by atoms with Crippen molar-refractivity contribution >= 4 is 34.3 Å². The fourth-order valence-corrected chi connectivity index (χ4v) is 6.09. The van der Waals surface area contributed by atoms with Crippen molar-refractivity contribution in [3.63, 3.8) is 0 Å². The number of rotatable bonds is 9. The Morgan fingerprint density at radius 2 is 1.76 bits per heavy atom. The lowest BCUT2D eigenvalue weighted by Crippen LogP contribution is -2.58. The highest BCUT2D eigenvalue weighted by Crippen LogP contribution is 2.37. The standard InChI is InChI=1S/C34H39FN8O6/c1-23(42(28-10-9-25(47-2)20-29(28)48-3)34(46)38-30-11-8-24(35)21-36-30)32-37-27-7-5-4-6-26(27)33(45)43(32)41-14-12-40(13-15-41)31(44)22-39-16-18-49-19-17-39/h4-11,20-21,23H,12-19,22H2,1-3H3,(H,36,38,46). The number of piperazine rings is 1. The normalized spacial score (nSPS) is 15.9. The maximum atomic E-state index is 14.3. The summed E-state index contributed by atoms with van der Waals surface area (Å²) in [7, 11) is 3.00. The number of aromatic nitrogens is 3. The number of pyridine rings is 1. The van der Waals surface area contributed by atoms with Gasteiger partial charge in [-0.25, -0.2) is 23.8 Å². The molecule has 2 aromatic heterocycles. The third kappa shape index (κ3) is 7.27. The van der Waals surface area contributed by atoms with Crippen LogP contribution in [0.2, 0.25) is 0 Å². The van der Waals surface area contributed by atoms with E-state index in [-0.39, 0.29) is 23.1 Å². The number of halogens is 1. The molecule has 0 saturated carbocycles. The average Bonchev–Trinajstić information content (AvgIpc) is 3.13. The van der Waals surface area contributed by atoms with E-state index in [1.165, 1.54) is 35.9 Å². The Hall–Kier alpha value is -5.28. The van der Waals surface area contributed by atoms with Gasteiger partial charge >= 0.3 is 6.03 Å². The Labute approximate surface area is 282 Å². The molecule has 258 valence electrons. The second-order valence-electron chi connectivity index (χ2n) is 11.7. The molecular weight excluding hydrogens is 635 g/mol. The zero-order valence-electron chi connectivity index (χ0n) is 27.7. The van der Waals surface area contributed by atoms with Crippen LogP contribution in [-0.4, -0.2) is 110 Å². The fourth-order valence-electron chi connectivity index (χ4n) is 6.09. The second-order valence-corrected chi connectivity index (χ2v) is 11.7. The molecule has 14 nitrogen and oxygen atoms in total. The van der Waals surface area contributed by atoms with E-state index < -0.39 is 17.9 Å². The van der Waals surface area contributed by atoms with Crippen molar-refractivity contribution in [3.8, 4) is 11.5 Å². The molecule has 2 aromatic carbocycles. The summed E-state index contributed by atoms with van der Waals surface area (Å²) in [5.74, 6) is 0.732. The summed E-state index contributed by atoms with van der Waals surface area (Å²) < 4.78 is 31.6. The van der Waals surface area contributed by atoms with Crippen LogP contribution in [0.3, 0.4) is 0 Å². The first-order valence-electron chi connectivity index (χ1n) is 16.1. The van der Waals surface area contributed by atoms with E-state index >= 15 is 0 Å². The maximum absolute atomic E-state index is 14.3. The van der Waals surface area contributed by atoms with Crippen molar-refractivity contribution < 1.29 is 28.2 Å². The number of carbonyl (C=O) groups excluding carboxylic acids is 2. The van der Waals surface area contributed by atoms with E-state index in [9.17, 15) is 18.8 Å². The van der Waals surface area contributed by atoms with E-state index in [2.05, 4.69) is 15.2 Å². The molecule has 2 aliphatic rings. The van der Waals surface area contributed by atoms with Crippen LogP contribution in [0, 0.1) is 5.82 Å². The summed E-state index contributed by atoms with van der Waals surface area (Å²) >= 11 is 0. The maximum Gasteiger partial charge on any atom is 0.328 e. The van der Waals surface area contributed by atoms with Crippen molar-refractivity contribution in [1.29, 1.82) is 0 Å². The number of nitrogens with one attached hydrogen (secondary N) is 1. The highest BCUT2D eigenvalue weighted by Gasteiger charge is 2.33. The molecule has 0 aliphatic carbocycles. The molecule has 0 spiro atoms. The minimum absolute atomic E-state index is 0.0305. The zero-order valence-corrected chi connectivity index (χ0v) is 27.7. The van der Waals surface area contributed by atoms with Crippen molar-refractivity contribution in [3.05, 3.63) is 82.8 Å². The molecule has 0 radical (unpaired) electrons. The van der Waals surface area contributed by atoms with Crippen LogP contribution in [0.1, 0.15) is 18.8 Å². The predicted molar refractivity (Wildman–Crippen MR) is 181 cm³/mol. The Kier molecular flexibility index (Phi) is 10.2. The number of para-hydroxylation sites is 1. The Bertz CT molecular complexity index is 1860. The van der Waals surface area contributed by atoms with Crippen LogP contribution in [-0.2, 0) is 9.53 Å². The number of urea groups is 1. The third-order valence-corrected chi connectivity index (χ3v) is 8.72. The number of hydrogen-bond acceptors (Lipinski definition) is 10. The molecule has 1 atom stereocenters. The Morgan fingerprint density at radius 1 is 1.00 bits per heavy atom. The smallest absolute Gasteiger partial charge is 0.328 e. The average molecular weight is 675 g/mol. The minimum atomic E-state index is -0.860. The van der Waals surface area contributed by atoms with Crippen molar-refractivity contribution in [1.82, 2.24) is 24.4 Å². The summed E-state index contributed by atoms with van der Waals surface area (Å²) in [6.45, 7) is 6.27. The minimum Gasteiger partial charge on any atom is -0.497 e. The van der Waals surface area contributed by atoms with Gasteiger partial charge in [0.05, 0.1) is 75.9 Å². The molecule has 3 amide bonds. The highest BCUT2D eigenvalue weighted by atomic mass is 19.1. The van der Waals surface area contributed by atoms with Gasteiger partial charge in [-0.3, -0.25) is 24.7 Å². The predicted octanol–water partition coefficient (Wildman–Crippen LogP) is 2.86. The quantitative estimate of drug-likeness (QED) is 0.283. The fraction of sp³-hybridized carbons (Fsp3) is 0.382. The molecule has 0 bridgehead atoms. The summed E-state index contributed by atoms with van der Waals surface area (Å²) in [6, 6.07) is 13.1. The number of morpholine rings is 1. The second kappa shape index (κ2) is 14.9. The van der Waals surface area contributed by atoms with Crippen LogP contribution in [0.25, 0.3) is 10.9 Å². The number of anilines is 2. The van der Waals surface area contributed by atoms with Crippen molar-refractivity contribution in [2.45, 2.75) is 13.0 Å². The van der Waals surface area contributed by atoms with Gasteiger partial charge in [0.25, 0.3) is 5.56 Å². The lowest BCUT2D eigenvalue weighted by molar-refractivity contribution is -0.133. The number of fused-ring (bicyclic) bond motifs is 1. The van der Waals surface area contributed by atoms with E-state index in [4.69, 9.17) is 19.2 Å². The molecule has 2 aliphatic heterocycles. The molecular formula is C34H39FN8O6. The molecule has 1 unspecified atom stereocenters. The SMILES string of the molecule is COc1ccc(N(C(=O)Nc2ccc(F)cn2)C(C)c2nc3ccccc3c(=O)n2N2CCN(C(=O)CN3CCOCC3)CC2)c(OC)c1. The zero-order chi connectivity index (χ0) is 34.5. The van der Waals surface area contributed by atoms with Gasteiger partial charge in [-0.1, -0.05) is 12.1 Å². The molecule has 15 heteroatoms. The number of hydrogen-bond donors (Lipinski definition) is 1. The van der Waals surface area contributed by atoms with Crippen LogP contribution >= 0.6 is 0 Å². The van der Waals surface area contributed by atoms with Gasteiger partial charge in [0, 0.05) is 32.2 Å². The number of carbonyl (C=O) groups is 2. The number of nitrogens with zero attached hydrogens (tertiary/aromatic N) is 7. The topological polar surface area (TPSA) is 135 Å². The lowest BCUT2D eigenvalue weighted by Gasteiger charge is -2.39. The van der Waals surface area contributed by atoms with Gasteiger partial charge in [-0.05, 0) is 43.3 Å². The molecule has 1 N–H and O–H groups in total. The first-order valence-corrected chi connectivity index (χ1v) is 16.1. The van der Waals surface area contributed by atoms with Crippen LogP contribution in [0.5, 0.6) is 11.5 Å². The van der Waals surface area contributed by atoms with Crippen LogP contribution in [0.15, 0.2) is 65.6 Å². The summed E-state index contributed by atoms with van der Waals surface area (Å²) in [5, 5.41) is 5.02. The van der Waals surface area contributed by atoms with Crippen molar-refractivity contribution in [2.24, 2.45) is 0 Å². The summed E-state index contributed by atoms with van der Waals surface area (Å²) in [6.07, 6.45) is 1.01. The molecule has 2 fully saturated rings. The third-order valence-electron chi connectivity index (χ3n) is 8.72. The Morgan fingerprint density at radius 3 is 2.45 bits per heavy atom. The molecule has 4 aromatic rings. The number of methoxy groups -OCH3 is 2. The van der Waals surface area contributed by atoms with Gasteiger partial charge in [-0.2, -0.15) is 0 Å². The summed E-state index contributed by atoms with van der Waals surface area (Å²) in [4.78, 5) is 55.9. The van der Waals surface area contributed by atoms with E-state index in [0.717, 1.165) is 6.20 Å². The number of benzene rings is 2. The molecule has 49 heavy (non-hydrogen) atoms. The first kappa shape index (κ1) is 33.6. The van der Waals surface area contributed by atoms with Crippen molar-refractivity contribution in [2.75, 3.05) is 88.5 Å². The molecule has 4 heterocycles. The van der Waals surface area contributed by atoms with E-state index in [1.54, 1.807) is 49.4 Å². The van der Waals surface area contributed by atoms with Gasteiger partial charge in [-0.15, -0.1) is 0 Å². The van der Waals surface area contributed by atoms with Gasteiger partial charge < -0.3 is 24.1 Å². The van der Waals surface area contributed by atoms with E-state index in [1.807, 2.05) is 9.91 Å². The summed E-state index contributed by atoms with van der Waals surface area (Å²) in [5.41, 5.74) is 0.526. The highest BCUT2D eigenvalue weighted by molar-refractivity contribution is 6.02. The van der Waals surface area contributed by atoms with Crippen LogP contribution < -0.4 is 30.3 Å². The van der Waals surface area contributed by atoms with Crippen LogP contribution in [0.4, 0.5) is 20.7 Å². The Balaban J connectivity index is 1.37. The number of ether oxygens (including phenoxy) is 3. The molecule has 6 rings (SSSR count).